The second-order valence-electron chi connectivity index (χ2n) is 1.23. The van der Waals surface area contributed by atoms with Crippen LogP contribution in [0.2, 0.25) is 0 Å². The number of hydrogen-bond donors (Lipinski definition) is 0. The Balaban J connectivity index is 2.38. The summed E-state index contributed by atoms with van der Waals surface area (Å²) in [5, 5.41) is 0. The molecule has 0 bridgehead atoms. The average molecular weight is 86.1 g/mol. The molecule has 0 aromatic rings. The van der Waals surface area contributed by atoms with Gasteiger partial charge >= 0.3 is 0 Å². The quantitative estimate of drug-likeness (QED) is 0.407. The van der Waals surface area contributed by atoms with Crippen molar-refractivity contribution in [2.45, 2.75) is 13.0 Å². The molecule has 0 fully saturated rings. The third-order valence-corrected chi connectivity index (χ3v) is 0.612. The first-order chi connectivity index (χ1) is 2.89. The Kier molecular flexibility index (Phi) is 0.801. The van der Waals surface area contributed by atoms with Crippen LogP contribution in [-0.2, 0) is 9.78 Å². The Morgan fingerprint density at radius 1 is 1.67 bits per heavy atom. The van der Waals surface area contributed by atoms with E-state index in [1.165, 1.54) is 6.26 Å². The van der Waals surface area contributed by atoms with Crippen molar-refractivity contribution in [3.8, 4) is 0 Å². The van der Waals surface area contributed by atoms with E-state index in [9.17, 15) is 0 Å². The normalized spacial score (nSPS) is 30.5. The molecule has 1 unspecified atom stereocenters. The Morgan fingerprint density at radius 2 is 2.50 bits per heavy atom. The van der Waals surface area contributed by atoms with Gasteiger partial charge in [0.05, 0.1) is 0 Å². The molecule has 1 aliphatic heterocycles. The molecule has 0 spiro atoms. The van der Waals surface area contributed by atoms with Crippen LogP contribution >= 0.6 is 0 Å². The van der Waals surface area contributed by atoms with E-state index in [4.69, 9.17) is 0 Å². The zero-order valence-corrected chi connectivity index (χ0v) is 3.55. The van der Waals surface area contributed by atoms with Crippen LogP contribution in [0.3, 0.4) is 0 Å². The van der Waals surface area contributed by atoms with Crippen molar-refractivity contribution < 1.29 is 9.78 Å². The predicted molar refractivity (Wildman–Crippen MR) is 20.8 cm³/mol. The lowest BCUT2D eigenvalue weighted by Crippen LogP contribution is -1.93. The van der Waals surface area contributed by atoms with Gasteiger partial charge in [-0.1, -0.05) is 0 Å². The first-order valence-corrected chi connectivity index (χ1v) is 1.88. The Labute approximate surface area is 36.3 Å². The maximum Gasteiger partial charge on any atom is 0.128 e. The lowest BCUT2D eigenvalue weighted by molar-refractivity contribution is -0.247. The SMILES string of the molecule is CC1C=COO1. The van der Waals surface area contributed by atoms with Crippen LogP contribution in [0.15, 0.2) is 12.3 Å². The zero-order valence-electron chi connectivity index (χ0n) is 3.55. The molecular formula is C4H6O2. The summed E-state index contributed by atoms with van der Waals surface area (Å²) in [5.41, 5.74) is 0. The van der Waals surface area contributed by atoms with Gasteiger partial charge in [0.2, 0.25) is 0 Å². The van der Waals surface area contributed by atoms with Crippen LogP contribution in [0, 0.1) is 0 Å². The minimum atomic E-state index is 0.144. The lowest BCUT2D eigenvalue weighted by Gasteiger charge is -1.91. The van der Waals surface area contributed by atoms with E-state index >= 15 is 0 Å². The van der Waals surface area contributed by atoms with Crippen molar-refractivity contribution in [2.24, 2.45) is 0 Å². The van der Waals surface area contributed by atoms with Gasteiger partial charge in [-0.2, -0.15) is 4.89 Å². The monoisotopic (exact) mass is 86.0 g/mol. The van der Waals surface area contributed by atoms with Crippen molar-refractivity contribution in [3.05, 3.63) is 12.3 Å². The maximum atomic E-state index is 4.54. The molecule has 1 heterocycles. The molecule has 0 aromatic heterocycles. The van der Waals surface area contributed by atoms with Gasteiger partial charge in [0, 0.05) is 0 Å². The van der Waals surface area contributed by atoms with E-state index in [1.54, 1.807) is 0 Å². The van der Waals surface area contributed by atoms with E-state index in [0.717, 1.165) is 0 Å². The molecule has 0 radical (unpaired) electrons. The number of rotatable bonds is 0. The highest BCUT2D eigenvalue weighted by molar-refractivity contribution is 4.82. The third-order valence-electron chi connectivity index (χ3n) is 0.612. The van der Waals surface area contributed by atoms with Crippen LogP contribution in [0.1, 0.15) is 6.92 Å². The van der Waals surface area contributed by atoms with Gasteiger partial charge in [-0.05, 0) is 13.0 Å². The minimum absolute atomic E-state index is 0.144. The smallest absolute Gasteiger partial charge is 0.128 e. The highest BCUT2D eigenvalue weighted by atomic mass is 17.2. The highest BCUT2D eigenvalue weighted by Gasteiger charge is 2.00. The molecule has 2 nitrogen and oxygen atoms in total. The van der Waals surface area contributed by atoms with E-state index in [-0.39, 0.29) is 6.10 Å². The van der Waals surface area contributed by atoms with E-state index in [2.05, 4.69) is 9.78 Å². The van der Waals surface area contributed by atoms with Crippen LogP contribution in [0.4, 0.5) is 0 Å². The lowest BCUT2D eigenvalue weighted by atomic mass is 10.4. The fourth-order valence-electron chi connectivity index (χ4n) is 0.294. The van der Waals surface area contributed by atoms with Crippen LogP contribution in [-0.4, -0.2) is 6.10 Å². The molecule has 6 heavy (non-hydrogen) atoms. The van der Waals surface area contributed by atoms with Crippen molar-refractivity contribution in [3.63, 3.8) is 0 Å². The average Bonchev–Trinajstić information content (AvgIpc) is 1.86. The molecule has 1 rings (SSSR count). The van der Waals surface area contributed by atoms with E-state index < -0.39 is 0 Å². The number of hydrogen-bond acceptors (Lipinski definition) is 2. The molecule has 2 heteroatoms. The molecule has 0 aromatic carbocycles. The summed E-state index contributed by atoms with van der Waals surface area (Å²) < 4.78 is 0. The third kappa shape index (κ3) is 0.518. The van der Waals surface area contributed by atoms with Gasteiger partial charge in [0.25, 0.3) is 0 Å². The van der Waals surface area contributed by atoms with Crippen LogP contribution in [0.25, 0.3) is 0 Å². The molecule has 0 amide bonds. The molecule has 1 atom stereocenters. The Bertz CT molecular complexity index is 67.9. The predicted octanol–water partition coefficient (Wildman–Crippen LogP) is 0.850. The van der Waals surface area contributed by atoms with Gasteiger partial charge in [0.15, 0.2) is 0 Å². The van der Waals surface area contributed by atoms with Crippen molar-refractivity contribution >= 4 is 0 Å². The summed E-state index contributed by atoms with van der Waals surface area (Å²) in [7, 11) is 0. The summed E-state index contributed by atoms with van der Waals surface area (Å²) in [6.07, 6.45) is 3.51. The topological polar surface area (TPSA) is 18.5 Å². The molecule has 0 saturated carbocycles. The molecule has 0 N–H and O–H groups in total. The van der Waals surface area contributed by atoms with Crippen LogP contribution < -0.4 is 0 Å². The summed E-state index contributed by atoms with van der Waals surface area (Å²) in [4.78, 5) is 8.92. The fourth-order valence-corrected chi connectivity index (χ4v) is 0.294. The molecule has 0 aliphatic carbocycles. The summed E-state index contributed by atoms with van der Waals surface area (Å²) in [6.45, 7) is 1.91. The standard InChI is InChI=1S/C4H6O2/c1-4-2-3-5-6-4/h2-4H,1H3. The van der Waals surface area contributed by atoms with Gasteiger partial charge in [0.1, 0.15) is 12.4 Å². The van der Waals surface area contributed by atoms with Crippen molar-refractivity contribution in [2.75, 3.05) is 0 Å². The van der Waals surface area contributed by atoms with E-state index in [0.29, 0.717) is 0 Å². The minimum Gasteiger partial charge on any atom is -0.345 e. The summed E-state index contributed by atoms with van der Waals surface area (Å²) >= 11 is 0. The zero-order chi connectivity index (χ0) is 4.41. The Morgan fingerprint density at radius 3 is 2.67 bits per heavy atom. The second-order valence-corrected chi connectivity index (χ2v) is 1.23. The molecule has 0 saturated heterocycles. The maximum absolute atomic E-state index is 4.54. The fraction of sp³-hybridized carbons (Fsp3) is 0.500. The van der Waals surface area contributed by atoms with Gasteiger partial charge < -0.3 is 4.89 Å². The Hall–Kier alpha value is -0.500. The summed E-state index contributed by atoms with van der Waals surface area (Å²) in [5.74, 6) is 0. The first kappa shape index (κ1) is 3.68. The molecule has 1 aliphatic rings. The second kappa shape index (κ2) is 1.30. The van der Waals surface area contributed by atoms with E-state index in [1.807, 2.05) is 13.0 Å². The molecular weight excluding hydrogens is 80.0 g/mol. The molecule has 34 valence electrons. The highest BCUT2D eigenvalue weighted by Crippen LogP contribution is 2.01. The van der Waals surface area contributed by atoms with Gasteiger partial charge in [-0.25, -0.2) is 0 Å². The van der Waals surface area contributed by atoms with Gasteiger partial charge in [-0.15, -0.1) is 0 Å². The van der Waals surface area contributed by atoms with Crippen molar-refractivity contribution in [1.82, 2.24) is 0 Å². The van der Waals surface area contributed by atoms with Gasteiger partial charge in [-0.3, -0.25) is 0 Å². The van der Waals surface area contributed by atoms with Crippen LogP contribution in [0.5, 0.6) is 0 Å². The van der Waals surface area contributed by atoms with Crippen molar-refractivity contribution in [1.29, 1.82) is 0 Å². The summed E-state index contributed by atoms with van der Waals surface area (Å²) in [6, 6.07) is 0. The first-order valence-electron chi connectivity index (χ1n) is 1.88. The largest absolute Gasteiger partial charge is 0.345 e.